The van der Waals surface area contributed by atoms with Crippen molar-refractivity contribution in [3.8, 4) is 5.75 Å². The van der Waals surface area contributed by atoms with Gasteiger partial charge in [-0.15, -0.1) is 13.2 Å². The molecule has 2 rings (SSSR count). The topological polar surface area (TPSA) is 21.3 Å². The third-order valence-electron chi connectivity index (χ3n) is 2.77. The maximum atomic E-state index is 12.0. The van der Waals surface area contributed by atoms with E-state index in [1.807, 2.05) is 13.0 Å². The smallest absolute Gasteiger partial charge is 0.406 e. The van der Waals surface area contributed by atoms with Gasteiger partial charge in [-0.3, -0.25) is 0 Å². The van der Waals surface area contributed by atoms with Crippen molar-refractivity contribution in [2.75, 3.05) is 6.54 Å². The molecule has 0 unspecified atom stereocenters. The molecule has 0 spiro atoms. The maximum absolute atomic E-state index is 12.0. The number of ether oxygens (including phenoxy) is 1. The van der Waals surface area contributed by atoms with Gasteiger partial charge in [0.2, 0.25) is 0 Å². The van der Waals surface area contributed by atoms with Crippen molar-refractivity contribution in [3.05, 3.63) is 35.4 Å². The fourth-order valence-electron chi connectivity index (χ4n) is 1.69. The highest BCUT2D eigenvalue weighted by Gasteiger charge is 2.30. The van der Waals surface area contributed by atoms with E-state index in [1.165, 1.54) is 25.0 Å². The monoisotopic (exact) mass is 271 g/mol. The van der Waals surface area contributed by atoms with Gasteiger partial charge in [0.15, 0.2) is 0 Å². The van der Waals surface area contributed by atoms with E-state index in [9.17, 15) is 13.2 Å². The summed E-state index contributed by atoms with van der Waals surface area (Å²) in [5.41, 5.74) is 2.01. The van der Waals surface area contributed by atoms with E-state index in [-0.39, 0.29) is 5.75 Å². The predicted molar refractivity (Wildman–Crippen MR) is 67.8 cm³/mol. The third-order valence-corrected chi connectivity index (χ3v) is 2.77. The fourth-order valence-corrected chi connectivity index (χ4v) is 1.69. The average molecular weight is 271 g/mol. The number of rotatable bonds is 5. The molecule has 0 radical (unpaired) electrons. The lowest BCUT2D eigenvalue weighted by Crippen LogP contribution is -2.18. The summed E-state index contributed by atoms with van der Waals surface area (Å²) in [6.07, 6.45) is -0.221. The van der Waals surface area contributed by atoms with Gasteiger partial charge in [-0.1, -0.05) is 23.8 Å². The van der Waals surface area contributed by atoms with Crippen molar-refractivity contribution in [2.45, 2.75) is 32.2 Å². The van der Waals surface area contributed by atoms with Crippen molar-refractivity contribution < 1.29 is 17.9 Å². The average Bonchev–Trinajstić information content (AvgIpc) is 3.11. The van der Waals surface area contributed by atoms with Crippen LogP contribution in [0.4, 0.5) is 13.2 Å². The second kappa shape index (κ2) is 5.65. The van der Waals surface area contributed by atoms with Gasteiger partial charge in [-0.2, -0.15) is 0 Å². The summed E-state index contributed by atoms with van der Waals surface area (Å²) in [6.45, 7) is 2.81. The van der Waals surface area contributed by atoms with Gasteiger partial charge >= 0.3 is 6.36 Å². The van der Waals surface area contributed by atoms with E-state index in [2.05, 4.69) is 10.1 Å². The third kappa shape index (κ3) is 5.34. The number of hydrogen-bond acceptors (Lipinski definition) is 2. The summed E-state index contributed by atoms with van der Waals surface area (Å²) >= 11 is 0. The molecule has 0 atom stereocenters. The lowest BCUT2D eigenvalue weighted by Gasteiger charge is -2.08. The molecule has 104 valence electrons. The molecule has 1 aliphatic rings. The summed E-state index contributed by atoms with van der Waals surface area (Å²) in [6, 6.07) is 6.51. The molecule has 0 aliphatic heterocycles. The van der Waals surface area contributed by atoms with Crippen LogP contribution in [0.25, 0.3) is 6.08 Å². The molecule has 19 heavy (non-hydrogen) atoms. The molecule has 0 amide bonds. The minimum atomic E-state index is -4.64. The molecule has 1 aromatic rings. The van der Waals surface area contributed by atoms with Crippen molar-refractivity contribution in [3.63, 3.8) is 0 Å². The molecule has 0 bridgehead atoms. The number of hydrogen-bond donors (Lipinski definition) is 1. The normalized spacial score (nSPS) is 16.5. The van der Waals surface area contributed by atoms with E-state index in [4.69, 9.17) is 0 Å². The van der Waals surface area contributed by atoms with Gasteiger partial charge < -0.3 is 10.1 Å². The maximum Gasteiger partial charge on any atom is 0.573 e. The Labute approximate surface area is 110 Å². The Bertz CT molecular complexity index is 447. The molecule has 1 fully saturated rings. The molecule has 1 saturated carbocycles. The van der Waals surface area contributed by atoms with Crippen LogP contribution in [0.5, 0.6) is 5.75 Å². The first kappa shape index (κ1) is 13.9. The SMILES string of the molecule is CC(=Cc1ccc(OC(F)(F)F)cc1)CNC1CC1. The number of benzene rings is 1. The van der Waals surface area contributed by atoms with Crippen molar-refractivity contribution >= 4 is 6.08 Å². The van der Waals surface area contributed by atoms with Gasteiger partial charge in [0, 0.05) is 12.6 Å². The van der Waals surface area contributed by atoms with E-state index in [1.54, 1.807) is 12.1 Å². The van der Waals surface area contributed by atoms with Crippen LogP contribution < -0.4 is 10.1 Å². The first-order chi connectivity index (χ1) is 8.92. The Kier molecular flexibility index (Phi) is 4.14. The molecule has 0 aromatic heterocycles. The minimum Gasteiger partial charge on any atom is -0.406 e. The number of nitrogens with one attached hydrogen (secondary N) is 1. The number of alkyl halides is 3. The van der Waals surface area contributed by atoms with Crippen molar-refractivity contribution in [1.82, 2.24) is 5.32 Å². The molecular formula is C14H16F3NO. The first-order valence-corrected chi connectivity index (χ1v) is 6.19. The van der Waals surface area contributed by atoms with Crippen LogP contribution in [-0.2, 0) is 0 Å². The highest BCUT2D eigenvalue weighted by Crippen LogP contribution is 2.23. The molecule has 0 heterocycles. The Morgan fingerprint density at radius 2 is 1.95 bits per heavy atom. The lowest BCUT2D eigenvalue weighted by atomic mass is 10.1. The lowest BCUT2D eigenvalue weighted by molar-refractivity contribution is -0.274. The Morgan fingerprint density at radius 1 is 1.32 bits per heavy atom. The highest BCUT2D eigenvalue weighted by atomic mass is 19.4. The second-order valence-electron chi connectivity index (χ2n) is 4.76. The van der Waals surface area contributed by atoms with Crippen LogP contribution in [0.1, 0.15) is 25.3 Å². The zero-order chi connectivity index (χ0) is 13.9. The van der Waals surface area contributed by atoms with Gasteiger partial charge in [-0.25, -0.2) is 0 Å². The highest BCUT2D eigenvalue weighted by molar-refractivity contribution is 5.53. The van der Waals surface area contributed by atoms with Crippen LogP contribution in [-0.4, -0.2) is 18.9 Å². The van der Waals surface area contributed by atoms with E-state index in [0.29, 0.717) is 6.04 Å². The van der Waals surface area contributed by atoms with Gasteiger partial charge in [0.25, 0.3) is 0 Å². The summed E-state index contributed by atoms with van der Waals surface area (Å²) < 4.78 is 39.8. The van der Waals surface area contributed by atoms with Crippen molar-refractivity contribution in [1.29, 1.82) is 0 Å². The van der Waals surface area contributed by atoms with E-state index >= 15 is 0 Å². The standard InChI is InChI=1S/C14H16F3NO/c1-10(9-18-12-4-5-12)8-11-2-6-13(7-3-11)19-14(15,16)17/h2-3,6-8,12,18H,4-5,9H2,1H3. The van der Waals surface area contributed by atoms with Crippen LogP contribution in [0.3, 0.4) is 0 Å². The summed E-state index contributed by atoms with van der Waals surface area (Å²) in [5, 5.41) is 3.38. The van der Waals surface area contributed by atoms with Crippen LogP contribution >= 0.6 is 0 Å². The quantitative estimate of drug-likeness (QED) is 0.880. The zero-order valence-corrected chi connectivity index (χ0v) is 10.6. The Hall–Kier alpha value is -1.49. The zero-order valence-electron chi connectivity index (χ0n) is 10.6. The van der Waals surface area contributed by atoms with Crippen LogP contribution in [0, 0.1) is 0 Å². The molecular weight excluding hydrogens is 255 g/mol. The molecule has 1 aliphatic carbocycles. The minimum absolute atomic E-state index is 0.196. The molecule has 1 aromatic carbocycles. The van der Waals surface area contributed by atoms with E-state index in [0.717, 1.165) is 17.7 Å². The Balaban J connectivity index is 1.91. The van der Waals surface area contributed by atoms with Gasteiger partial charge in [0.1, 0.15) is 5.75 Å². The van der Waals surface area contributed by atoms with Crippen LogP contribution in [0.15, 0.2) is 29.8 Å². The molecule has 2 nitrogen and oxygen atoms in total. The summed E-state index contributed by atoms with van der Waals surface area (Å²) in [7, 11) is 0. The Morgan fingerprint density at radius 3 is 2.47 bits per heavy atom. The molecule has 5 heteroatoms. The van der Waals surface area contributed by atoms with Gasteiger partial charge in [-0.05, 0) is 37.5 Å². The molecule has 0 saturated heterocycles. The summed E-state index contributed by atoms with van der Waals surface area (Å²) in [4.78, 5) is 0. The van der Waals surface area contributed by atoms with E-state index < -0.39 is 6.36 Å². The first-order valence-electron chi connectivity index (χ1n) is 6.19. The molecule has 1 N–H and O–H groups in total. The van der Waals surface area contributed by atoms with Crippen LogP contribution in [0.2, 0.25) is 0 Å². The number of halogens is 3. The van der Waals surface area contributed by atoms with Gasteiger partial charge in [0.05, 0.1) is 0 Å². The second-order valence-corrected chi connectivity index (χ2v) is 4.76. The largest absolute Gasteiger partial charge is 0.573 e. The fraction of sp³-hybridized carbons (Fsp3) is 0.429. The summed E-state index contributed by atoms with van der Waals surface area (Å²) in [5.74, 6) is -0.196. The van der Waals surface area contributed by atoms with Crippen molar-refractivity contribution in [2.24, 2.45) is 0 Å². The predicted octanol–water partition coefficient (Wildman–Crippen LogP) is 3.74.